The molecule has 0 radical (unpaired) electrons. The fourth-order valence-corrected chi connectivity index (χ4v) is 1.74. The minimum absolute atomic E-state index is 0.202. The summed E-state index contributed by atoms with van der Waals surface area (Å²) in [7, 11) is 0. The summed E-state index contributed by atoms with van der Waals surface area (Å²) in [6, 6.07) is 11.5. The van der Waals surface area contributed by atoms with E-state index in [0.29, 0.717) is 6.54 Å². The summed E-state index contributed by atoms with van der Waals surface area (Å²) in [5.41, 5.74) is 1.81. The molecule has 0 fully saturated rings. The first-order valence-electron chi connectivity index (χ1n) is 4.69. The topological polar surface area (TPSA) is 38.1 Å². The zero-order valence-corrected chi connectivity index (χ0v) is 9.68. The molecular formula is C11H11BrN2O. The Bertz CT molecular complexity index is 439. The summed E-state index contributed by atoms with van der Waals surface area (Å²) in [5, 5.41) is 14.7. The summed E-state index contributed by atoms with van der Waals surface area (Å²) in [5.74, 6) is 0.202. The number of aryl methyl sites for hydroxylation is 1. The number of rotatable bonds is 3. The Hall–Kier alpha value is -1.29. The minimum Gasteiger partial charge on any atom is -0.493 e. The van der Waals surface area contributed by atoms with Crippen molar-refractivity contribution in [3.63, 3.8) is 0 Å². The van der Waals surface area contributed by atoms with E-state index in [1.807, 2.05) is 30.3 Å². The molecule has 0 unspecified atom stereocenters. The van der Waals surface area contributed by atoms with Crippen molar-refractivity contribution in [3.8, 4) is 17.1 Å². The second-order valence-electron chi connectivity index (χ2n) is 3.17. The van der Waals surface area contributed by atoms with Gasteiger partial charge in [0.05, 0.1) is 12.2 Å². The molecule has 3 nitrogen and oxygen atoms in total. The standard InChI is InChI=1S/C11H11BrN2O/c12-6-7-14-11(15)8-10(13-14)9-4-2-1-3-5-9/h1-5,8,15H,6-7H2. The Labute approximate surface area is 96.5 Å². The van der Waals surface area contributed by atoms with Gasteiger partial charge in [0.25, 0.3) is 0 Å². The zero-order valence-electron chi connectivity index (χ0n) is 8.10. The first-order chi connectivity index (χ1) is 7.31. The van der Waals surface area contributed by atoms with E-state index in [4.69, 9.17) is 0 Å². The van der Waals surface area contributed by atoms with Crippen LogP contribution < -0.4 is 0 Å². The first-order valence-corrected chi connectivity index (χ1v) is 5.81. The van der Waals surface area contributed by atoms with Gasteiger partial charge in [-0.05, 0) is 0 Å². The maximum atomic E-state index is 9.60. The van der Waals surface area contributed by atoms with Gasteiger partial charge in [-0.3, -0.25) is 0 Å². The van der Waals surface area contributed by atoms with E-state index >= 15 is 0 Å². The molecule has 4 heteroatoms. The van der Waals surface area contributed by atoms with Crippen molar-refractivity contribution in [2.45, 2.75) is 6.54 Å². The van der Waals surface area contributed by atoms with Crippen LogP contribution in [0.25, 0.3) is 11.3 Å². The van der Waals surface area contributed by atoms with Crippen LogP contribution in [-0.4, -0.2) is 20.2 Å². The number of aromatic hydroxyl groups is 1. The Balaban J connectivity index is 2.34. The molecule has 0 saturated heterocycles. The molecule has 15 heavy (non-hydrogen) atoms. The SMILES string of the molecule is Oc1cc(-c2ccccc2)nn1CCBr. The summed E-state index contributed by atoms with van der Waals surface area (Å²) < 4.78 is 1.58. The smallest absolute Gasteiger partial charge is 0.209 e. The van der Waals surface area contributed by atoms with Crippen LogP contribution in [0.2, 0.25) is 0 Å². The quantitative estimate of drug-likeness (QED) is 0.868. The van der Waals surface area contributed by atoms with Gasteiger partial charge in [0.15, 0.2) is 0 Å². The normalized spacial score (nSPS) is 10.5. The lowest BCUT2D eigenvalue weighted by Crippen LogP contribution is -2.00. The van der Waals surface area contributed by atoms with E-state index in [2.05, 4.69) is 21.0 Å². The van der Waals surface area contributed by atoms with E-state index in [1.165, 1.54) is 0 Å². The van der Waals surface area contributed by atoms with Gasteiger partial charge in [-0.15, -0.1) is 0 Å². The number of aromatic nitrogens is 2. The molecule has 1 aromatic carbocycles. The molecule has 0 aliphatic heterocycles. The van der Waals surface area contributed by atoms with Crippen molar-refractivity contribution in [1.82, 2.24) is 9.78 Å². The summed E-state index contributed by atoms with van der Waals surface area (Å²) >= 11 is 3.31. The Kier molecular flexibility index (Phi) is 3.06. The third-order valence-electron chi connectivity index (χ3n) is 2.12. The maximum absolute atomic E-state index is 9.60. The monoisotopic (exact) mass is 266 g/mol. The summed E-state index contributed by atoms with van der Waals surface area (Å²) in [4.78, 5) is 0. The predicted octanol–water partition coefficient (Wildman–Crippen LogP) is 2.65. The van der Waals surface area contributed by atoms with Crippen LogP contribution in [0.4, 0.5) is 0 Å². The fourth-order valence-electron chi connectivity index (χ4n) is 1.40. The van der Waals surface area contributed by atoms with Crippen molar-refractivity contribution in [2.75, 3.05) is 5.33 Å². The third kappa shape index (κ3) is 2.21. The van der Waals surface area contributed by atoms with Crippen LogP contribution in [0, 0.1) is 0 Å². The molecule has 0 aliphatic rings. The number of hydrogen-bond donors (Lipinski definition) is 1. The molecule has 0 spiro atoms. The fraction of sp³-hybridized carbons (Fsp3) is 0.182. The van der Waals surface area contributed by atoms with Crippen LogP contribution in [0.1, 0.15) is 0 Å². The second-order valence-corrected chi connectivity index (χ2v) is 3.96. The van der Waals surface area contributed by atoms with Crippen LogP contribution >= 0.6 is 15.9 Å². The first kappa shape index (κ1) is 10.2. The van der Waals surface area contributed by atoms with Gasteiger partial charge in [0.1, 0.15) is 0 Å². The average molecular weight is 267 g/mol. The van der Waals surface area contributed by atoms with Gasteiger partial charge in [-0.25, -0.2) is 4.68 Å². The zero-order chi connectivity index (χ0) is 10.7. The lowest BCUT2D eigenvalue weighted by atomic mass is 10.2. The Morgan fingerprint density at radius 2 is 2.00 bits per heavy atom. The highest BCUT2D eigenvalue weighted by molar-refractivity contribution is 9.09. The number of hydrogen-bond acceptors (Lipinski definition) is 2. The van der Waals surface area contributed by atoms with Gasteiger partial charge >= 0.3 is 0 Å². The molecular weight excluding hydrogens is 256 g/mol. The maximum Gasteiger partial charge on any atom is 0.209 e. The number of benzene rings is 1. The van der Waals surface area contributed by atoms with Gasteiger partial charge < -0.3 is 5.11 Å². The highest BCUT2D eigenvalue weighted by Crippen LogP contribution is 2.22. The van der Waals surface area contributed by atoms with Crippen LogP contribution in [0.5, 0.6) is 5.88 Å². The molecule has 78 valence electrons. The molecule has 2 aromatic rings. The van der Waals surface area contributed by atoms with Gasteiger partial charge in [-0.1, -0.05) is 46.3 Å². The lowest BCUT2D eigenvalue weighted by molar-refractivity contribution is 0.406. The highest BCUT2D eigenvalue weighted by Gasteiger charge is 2.06. The van der Waals surface area contributed by atoms with Crippen LogP contribution in [0.15, 0.2) is 36.4 Å². The Morgan fingerprint density at radius 3 is 2.67 bits per heavy atom. The lowest BCUT2D eigenvalue weighted by Gasteiger charge is -1.97. The minimum atomic E-state index is 0.202. The summed E-state index contributed by atoms with van der Waals surface area (Å²) in [6.45, 7) is 0.665. The molecule has 1 aromatic heterocycles. The molecule has 0 atom stereocenters. The van der Waals surface area contributed by atoms with Crippen molar-refractivity contribution in [1.29, 1.82) is 0 Å². The van der Waals surface area contributed by atoms with Crippen LogP contribution in [-0.2, 0) is 6.54 Å². The van der Waals surface area contributed by atoms with E-state index in [9.17, 15) is 5.11 Å². The number of nitrogens with zero attached hydrogens (tertiary/aromatic N) is 2. The molecule has 0 bridgehead atoms. The highest BCUT2D eigenvalue weighted by atomic mass is 79.9. The summed E-state index contributed by atoms with van der Waals surface area (Å²) in [6.07, 6.45) is 0. The van der Waals surface area contributed by atoms with Crippen molar-refractivity contribution in [3.05, 3.63) is 36.4 Å². The molecule has 0 aliphatic carbocycles. The third-order valence-corrected chi connectivity index (χ3v) is 2.48. The van der Waals surface area contributed by atoms with E-state index in [0.717, 1.165) is 16.6 Å². The van der Waals surface area contributed by atoms with Gasteiger partial charge in [0.2, 0.25) is 5.88 Å². The molecule has 2 rings (SSSR count). The second kappa shape index (κ2) is 4.49. The van der Waals surface area contributed by atoms with Crippen molar-refractivity contribution < 1.29 is 5.11 Å². The van der Waals surface area contributed by atoms with Crippen molar-refractivity contribution in [2.24, 2.45) is 0 Å². The largest absolute Gasteiger partial charge is 0.493 e. The van der Waals surface area contributed by atoms with E-state index in [1.54, 1.807) is 10.7 Å². The molecule has 1 N–H and O–H groups in total. The van der Waals surface area contributed by atoms with E-state index < -0.39 is 0 Å². The average Bonchev–Trinajstić information content (AvgIpc) is 2.63. The van der Waals surface area contributed by atoms with E-state index in [-0.39, 0.29) is 5.88 Å². The predicted molar refractivity (Wildman–Crippen MR) is 63.1 cm³/mol. The van der Waals surface area contributed by atoms with Gasteiger partial charge in [0, 0.05) is 17.0 Å². The van der Waals surface area contributed by atoms with Crippen molar-refractivity contribution >= 4 is 15.9 Å². The van der Waals surface area contributed by atoms with Gasteiger partial charge in [-0.2, -0.15) is 5.10 Å². The Morgan fingerprint density at radius 1 is 1.27 bits per heavy atom. The number of halogens is 1. The molecule has 0 amide bonds. The van der Waals surface area contributed by atoms with Crippen LogP contribution in [0.3, 0.4) is 0 Å². The number of alkyl halides is 1. The molecule has 0 saturated carbocycles. The molecule has 1 heterocycles.